The van der Waals surface area contributed by atoms with Gasteiger partial charge in [-0.3, -0.25) is 4.90 Å². The maximum Gasteiger partial charge on any atom is 0.244 e. The molecule has 0 unspecified atom stereocenters. The molecule has 0 aliphatic carbocycles. The van der Waals surface area contributed by atoms with Gasteiger partial charge in [0.2, 0.25) is 5.89 Å². The maximum absolute atomic E-state index is 5.55. The number of aryl methyl sites for hydroxylation is 1. The molecule has 2 aromatic heterocycles. The fourth-order valence-corrected chi connectivity index (χ4v) is 2.95. The van der Waals surface area contributed by atoms with Gasteiger partial charge in [0.05, 0.1) is 12.1 Å². The first-order valence-electron chi connectivity index (χ1n) is 7.76. The Bertz CT molecular complexity index is 657. The Morgan fingerprint density at radius 3 is 2.91 bits per heavy atom. The fraction of sp³-hybridized carbons (Fsp3) is 0.562. The van der Waals surface area contributed by atoms with Crippen LogP contribution in [0, 0.1) is 6.92 Å². The molecule has 0 radical (unpaired) electrons. The smallest absolute Gasteiger partial charge is 0.244 e. The molecule has 2 atom stereocenters. The lowest BCUT2D eigenvalue weighted by Gasteiger charge is -2.22. The van der Waals surface area contributed by atoms with Crippen LogP contribution in [0.3, 0.4) is 0 Å². The van der Waals surface area contributed by atoms with E-state index in [-0.39, 0.29) is 12.1 Å². The summed E-state index contributed by atoms with van der Waals surface area (Å²) >= 11 is 0. The molecule has 1 fully saturated rings. The van der Waals surface area contributed by atoms with Crippen molar-refractivity contribution in [3.63, 3.8) is 0 Å². The Morgan fingerprint density at radius 2 is 2.26 bits per heavy atom. The van der Waals surface area contributed by atoms with Gasteiger partial charge in [-0.15, -0.1) is 0 Å². The standard InChI is InChI=1S/C16H23N5O2/c1-11-18-16(23-19-11)14-8-13(22-4)10-21(14)9-12-5-6-17-15(7-12)20(2)3/h5-7,13-14H,8-10H2,1-4H3/t13-,14-/m1/s1. The van der Waals surface area contributed by atoms with Gasteiger partial charge in [-0.25, -0.2) is 4.98 Å². The number of rotatable bonds is 5. The van der Waals surface area contributed by atoms with Gasteiger partial charge >= 0.3 is 0 Å². The lowest BCUT2D eigenvalue weighted by atomic mass is 10.2. The van der Waals surface area contributed by atoms with E-state index in [9.17, 15) is 0 Å². The first kappa shape index (κ1) is 15.9. The summed E-state index contributed by atoms with van der Waals surface area (Å²) in [5, 5.41) is 3.92. The van der Waals surface area contributed by atoms with Crippen LogP contribution in [-0.4, -0.2) is 53.9 Å². The van der Waals surface area contributed by atoms with Crippen LogP contribution in [0.25, 0.3) is 0 Å². The average Bonchev–Trinajstić information content (AvgIpc) is 3.13. The molecule has 0 amide bonds. The zero-order chi connectivity index (χ0) is 16.4. The molecular weight excluding hydrogens is 294 g/mol. The molecule has 1 aliphatic heterocycles. The summed E-state index contributed by atoms with van der Waals surface area (Å²) in [6.45, 7) is 3.49. The summed E-state index contributed by atoms with van der Waals surface area (Å²) in [5.41, 5.74) is 1.21. The third-order valence-electron chi connectivity index (χ3n) is 4.18. The molecule has 23 heavy (non-hydrogen) atoms. The van der Waals surface area contributed by atoms with Crippen molar-refractivity contribution in [3.05, 3.63) is 35.6 Å². The molecule has 0 saturated carbocycles. The van der Waals surface area contributed by atoms with Gasteiger partial charge in [-0.1, -0.05) is 5.16 Å². The van der Waals surface area contributed by atoms with Gasteiger partial charge in [-0.2, -0.15) is 4.98 Å². The highest BCUT2D eigenvalue weighted by molar-refractivity contribution is 5.39. The third kappa shape index (κ3) is 3.51. The number of likely N-dealkylation sites (tertiary alicyclic amines) is 1. The van der Waals surface area contributed by atoms with Crippen molar-refractivity contribution in [2.24, 2.45) is 0 Å². The summed E-state index contributed by atoms with van der Waals surface area (Å²) in [5.74, 6) is 2.29. The van der Waals surface area contributed by atoms with Gasteiger partial charge in [-0.05, 0) is 31.0 Å². The number of hydrogen-bond donors (Lipinski definition) is 0. The van der Waals surface area contributed by atoms with Crippen molar-refractivity contribution >= 4 is 5.82 Å². The summed E-state index contributed by atoms with van der Waals surface area (Å²) in [6, 6.07) is 4.25. The van der Waals surface area contributed by atoms with Gasteiger partial charge < -0.3 is 14.2 Å². The van der Waals surface area contributed by atoms with Gasteiger partial charge in [0.1, 0.15) is 5.82 Å². The summed E-state index contributed by atoms with van der Waals surface area (Å²) in [7, 11) is 5.74. The number of pyridine rings is 1. The minimum absolute atomic E-state index is 0.0946. The number of anilines is 1. The number of nitrogens with zero attached hydrogens (tertiary/aromatic N) is 5. The normalized spacial score (nSPS) is 21.7. The van der Waals surface area contributed by atoms with E-state index in [0.717, 1.165) is 25.3 Å². The van der Waals surface area contributed by atoms with E-state index in [1.54, 1.807) is 7.11 Å². The second-order valence-electron chi connectivity index (χ2n) is 6.14. The molecular formula is C16H23N5O2. The van der Waals surface area contributed by atoms with Crippen LogP contribution >= 0.6 is 0 Å². The zero-order valence-corrected chi connectivity index (χ0v) is 14.1. The number of aromatic nitrogens is 3. The Hall–Kier alpha value is -1.99. The van der Waals surface area contributed by atoms with Gasteiger partial charge in [0.25, 0.3) is 0 Å². The third-order valence-corrected chi connectivity index (χ3v) is 4.18. The van der Waals surface area contributed by atoms with E-state index < -0.39 is 0 Å². The Labute approximate surface area is 136 Å². The average molecular weight is 317 g/mol. The Balaban J connectivity index is 1.80. The lowest BCUT2D eigenvalue weighted by molar-refractivity contribution is 0.107. The summed E-state index contributed by atoms with van der Waals surface area (Å²) in [6.07, 6.45) is 2.90. The summed E-state index contributed by atoms with van der Waals surface area (Å²) in [4.78, 5) is 13.1. The highest BCUT2D eigenvalue weighted by Gasteiger charge is 2.36. The quantitative estimate of drug-likeness (QED) is 0.833. The van der Waals surface area contributed by atoms with Crippen molar-refractivity contribution < 1.29 is 9.26 Å². The molecule has 0 bridgehead atoms. The second kappa shape index (κ2) is 6.64. The van der Waals surface area contributed by atoms with E-state index >= 15 is 0 Å². The van der Waals surface area contributed by atoms with Crippen LogP contribution < -0.4 is 4.90 Å². The first-order valence-corrected chi connectivity index (χ1v) is 7.76. The van der Waals surface area contributed by atoms with Crippen LogP contribution in [-0.2, 0) is 11.3 Å². The molecule has 124 valence electrons. The molecule has 3 heterocycles. The lowest BCUT2D eigenvalue weighted by Crippen LogP contribution is -2.25. The van der Waals surface area contributed by atoms with E-state index in [1.807, 2.05) is 38.2 Å². The Kier molecular flexibility index (Phi) is 4.58. The molecule has 1 saturated heterocycles. The number of ether oxygens (including phenoxy) is 1. The highest BCUT2D eigenvalue weighted by atomic mass is 16.5. The van der Waals surface area contributed by atoms with Gasteiger partial charge in [0.15, 0.2) is 5.82 Å². The predicted octanol–water partition coefficient (Wildman–Crippen LogP) is 1.80. The Morgan fingerprint density at radius 1 is 1.43 bits per heavy atom. The van der Waals surface area contributed by atoms with Crippen molar-refractivity contribution in [3.8, 4) is 0 Å². The second-order valence-corrected chi connectivity index (χ2v) is 6.14. The van der Waals surface area contributed by atoms with Crippen LogP contribution in [0.1, 0.15) is 29.7 Å². The topological polar surface area (TPSA) is 67.5 Å². The van der Waals surface area contributed by atoms with Crippen LogP contribution in [0.5, 0.6) is 0 Å². The maximum atomic E-state index is 5.55. The van der Waals surface area contributed by atoms with Crippen LogP contribution in [0.4, 0.5) is 5.82 Å². The SMILES string of the molecule is CO[C@@H]1C[C@H](c2nc(C)no2)N(Cc2ccnc(N(C)C)c2)C1. The molecule has 7 heteroatoms. The van der Waals surface area contributed by atoms with Crippen LogP contribution in [0.2, 0.25) is 0 Å². The minimum atomic E-state index is 0.0946. The molecule has 0 N–H and O–H groups in total. The van der Waals surface area contributed by atoms with Crippen molar-refractivity contribution in [2.75, 3.05) is 32.6 Å². The fourth-order valence-electron chi connectivity index (χ4n) is 2.95. The van der Waals surface area contributed by atoms with Gasteiger partial charge in [0, 0.05) is 40.5 Å². The largest absolute Gasteiger partial charge is 0.380 e. The molecule has 7 nitrogen and oxygen atoms in total. The van der Waals surface area contributed by atoms with Crippen molar-refractivity contribution in [1.82, 2.24) is 20.0 Å². The van der Waals surface area contributed by atoms with E-state index in [2.05, 4.69) is 26.1 Å². The summed E-state index contributed by atoms with van der Waals surface area (Å²) < 4.78 is 10.9. The highest BCUT2D eigenvalue weighted by Crippen LogP contribution is 2.33. The van der Waals surface area contributed by atoms with E-state index in [0.29, 0.717) is 11.7 Å². The monoisotopic (exact) mass is 317 g/mol. The predicted molar refractivity (Wildman–Crippen MR) is 86.2 cm³/mol. The van der Waals surface area contributed by atoms with Crippen molar-refractivity contribution in [1.29, 1.82) is 0 Å². The molecule has 2 aromatic rings. The molecule has 1 aliphatic rings. The first-order chi connectivity index (χ1) is 11.1. The zero-order valence-electron chi connectivity index (χ0n) is 14.1. The number of hydrogen-bond acceptors (Lipinski definition) is 7. The molecule has 0 aromatic carbocycles. The molecule has 0 spiro atoms. The van der Waals surface area contributed by atoms with E-state index in [1.165, 1.54) is 5.56 Å². The number of methoxy groups -OCH3 is 1. The molecule has 3 rings (SSSR count). The minimum Gasteiger partial charge on any atom is -0.380 e. The van der Waals surface area contributed by atoms with E-state index in [4.69, 9.17) is 9.26 Å². The van der Waals surface area contributed by atoms with Crippen molar-refractivity contribution in [2.45, 2.75) is 32.0 Å². The van der Waals surface area contributed by atoms with Crippen LogP contribution in [0.15, 0.2) is 22.9 Å².